The normalized spacial score (nSPS) is 19.1. The third kappa shape index (κ3) is 5.15. The highest BCUT2D eigenvalue weighted by Gasteiger charge is 2.34. The number of benzene rings is 1. The Labute approximate surface area is 151 Å². The van der Waals surface area contributed by atoms with Crippen molar-refractivity contribution in [2.24, 2.45) is 11.8 Å². The van der Waals surface area contributed by atoms with E-state index in [0.717, 1.165) is 44.9 Å². The average Bonchev–Trinajstić information content (AvgIpc) is 3.04. The van der Waals surface area contributed by atoms with Crippen LogP contribution in [-0.4, -0.2) is 13.0 Å². The molecule has 2 saturated carbocycles. The van der Waals surface area contributed by atoms with Gasteiger partial charge >= 0.3 is 6.36 Å². The number of alkyl halides is 3. The van der Waals surface area contributed by atoms with Gasteiger partial charge in [-0.2, -0.15) is 0 Å². The zero-order chi connectivity index (χ0) is 18.6. The summed E-state index contributed by atoms with van der Waals surface area (Å²) < 4.78 is 62.1. The maximum atomic E-state index is 14.6. The van der Waals surface area contributed by atoms with Gasteiger partial charge in [-0.05, 0) is 43.2 Å². The predicted molar refractivity (Wildman–Crippen MR) is 91.5 cm³/mol. The number of ether oxygens (including phenoxy) is 2. The summed E-state index contributed by atoms with van der Waals surface area (Å²) in [5.74, 6) is -1.19. The van der Waals surface area contributed by atoms with Gasteiger partial charge in [0.1, 0.15) is 0 Å². The molecule has 26 heavy (non-hydrogen) atoms. The first-order valence-electron chi connectivity index (χ1n) is 9.31. The van der Waals surface area contributed by atoms with E-state index in [-0.39, 0.29) is 17.9 Å². The second kappa shape index (κ2) is 8.31. The average molecular weight is 372 g/mol. The molecule has 2 aliphatic rings. The maximum absolute atomic E-state index is 14.6. The third-order valence-electron chi connectivity index (χ3n) is 5.26. The van der Waals surface area contributed by atoms with E-state index in [1.54, 1.807) is 6.08 Å². The molecule has 144 valence electrons. The van der Waals surface area contributed by atoms with Crippen LogP contribution in [0, 0.1) is 17.7 Å². The summed E-state index contributed by atoms with van der Waals surface area (Å²) in [6.45, 7) is 0.260. The second-order valence-corrected chi connectivity index (χ2v) is 7.18. The highest BCUT2D eigenvalue weighted by molar-refractivity contribution is 5.57. The number of allylic oxidation sites excluding steroid dienone is 1. The first kappa shape index (κ1) is 19.1. The molecule has 0 aromatic heterocycles. The van der Waals surface area contributed by atoms with Crippen molar-refractivity contribution >= 4 is 6.08 Å². The molecule has 0 spiro atoms. The van der Waals surface area contributed by atoms with Gasteiger partial charge in [-0.15, -0.1) is 13.2 Å². The quantitative estimate of drug-likeness (QED) is 0.509. The Kier molecular flexibility index (Phi) is 6.09. The van der Waals surface area contributed by atoms with Gasteiger partial charge in [0.05, 0.1) is 6.61 Å². The van der Waals surface area contributed by atoms with E-state index < -0.39 is 17.9 Å². The highest BCUT2D eigenvalue weighted by atomic mass is 19.4. The first-order valence-corrected chi connectivity index (χ1v) is 9.31. The molecule has 3 rings (SSSR count). The molecular weight excluding hydrogens is 348 g/mol. The Morgan fingerprint density at radius 2 is 1.77 bits per heavy atom. The zero-order valence-corrected chi connectivity index (χ0v) is 14.7. The van der Waals surface area contributed by atoms with Crippen LogP contribution in [0.5, 0.6) is 11.5 Å². The summed E-state index contributed by atoms with van der Waals surface area (Å²) in [7, 11) is 0. The molecule has 6 heteroatoms. The van der Waals surface area contributed by atoms with Crippen LogP contribution in [0.4, 0.5) is 17.6 Å². The van der Waals surface area contributed by atoms with Crippen molar-refractivity contribution in [1.29, 1.82) is 0 Å². The monoisotopic (exact) mass is 372 g/mol. The predicted octanol–water partition coefficient (Wildman–Crippen LogP) is 6.50. The van der Waals surface area contributed by atoms with Crippen molar-refractivity contribution in [1.82, 2.24) is 0 Å². The fourth-order valence-corrected chi connectivity index (χ4v) is 3.51. The highest BCUT2D eigenvalue weighted by Crippen LogP contribution is 2.38. The fraction of sp³-hybridized carbons (Fsp3) is 0.600. The lowest BCUT2D eigenvalue weighted by molar-refractivity contribution is -0.276. The Morgan fingerprint density at radius 1 is 1.04 bits per heavy atom. The van der Waals surface area contributed by atoms with Crippen LogP contribution in [0.15, 0.2) is 18.2 Å². The number of hydrogen-bond acceptors (Lipinski definition) is 2. The van der Waals surface area contributed by atoms with Gasteiger partial charge in [0.25, 0.3) is 0 Å². The Bertz CT molecular complexity index is 629. The summed E-state index contributed by atoms with van der Waals surface area (Å²) in [4.78, 5) is 0. The fourth-order valence-electron chi connectivity index (χ4n) is 3.51. The number of rotatable bonds is 7. The molecule has 2 nitrogen and oxygen atoms in total. The Balaban J connectivity index is 1.74. The van der Waals surface area contributed by atoms with Gasteiger partial charge in [0.15, 0.2) is 11.6 Å². The van der Waals surface area contributed by atoms with Crippen LogP contribution in [0.25, 0.3) is 6.08 Å². The largest absolute Gasteiger partial charge is 0.573 e. The number of halogens is 4. The lowest BCUT2D eigenvalue weighted by atomic mass is 9.83. The number of hydrogen-bond donors (Lipinski definition) is 0. The van der Waals surface area contributed by atoms with Crippen LogP contribution in [0.1, 0.15) is 56.9 Å². The van der Waals surface area contributed by atoms with Gasteiger partial charge in [-0.1, -0.05) is 44.3 Å². The van der Waals surface area contributed by atoms with Crippen LogP contribution < -0.4 is 9.47 Å². The summed E-state index contributed by atoms with van der Waals surface area (Å²) in [5.41, 5.74) is 0.0856. The molecule has 1 aromatic rings. The molecule has 0 unspecified atom stereocenters. The standard InChI is InChI=1S/C20H24F4O2/c21-18-16(9-8-14-4-1-2-5-14)10-11-17(19(18)26-20(22,23)24)25-13-12-15-6-3-7-15/h8-11,14-15H,1-7,12-13H2/b9-8+. The van der Waals surface area contributed by atoms with Gasteiger partial charge in [0.2, 0.25) is 5.75 Å². The van der Waals surface area contributed by atoms with Crippen molar-refractivity contribution in [3.05, 3.63) is 29.6 Å². The summed E-state index contributed by atoms with van der Waals surface area (Å²) in [6, 6.07) is 2.81. The lowest BCUT2D eigenvalue weighted by Crippen LogP contribution is -2.19. The summed E-state index contributed by atoms with van der Waals surface area (Å²) in [6.07, 6.45) is 6.97. The van der Waals surface area contributed by atoms with Gasteiger partial charge in [-0.3, -0.25) is 0 Å². The van der Waals surface area contributed by atoms with E-state index >= 15 is 0 Å². The minimum absolute atomic E-state index is 0.0856. The van der Waals surface area contributed by atoms with Gasteiger partial charge in [-0.25, -0.2) is 4.39 Å². The van der Waals surface area contributed by atoms with E-state index in [2.05, 4.69) is 4.74 Å². The molecule has 0 amide bonds. The molecule has 0 atom stereocenters. The SMILES string of the molecule is Fc1c(/C=C/C2CCCC2)ccc(OCCC2CCC2)c1OC(F)(F)F. The zero-order valence-electron chi connectivity index (χ0n) is 14.7. The molecule has 0 radical (unpaired) electrons. The molecular formula is C20H24F4O2. The second-order valence-electron chi connectivity index (χ2n) is 7.18. The Hall–Kier alpha value is -1.72. The van der Waals surface area contributed by atoms with E-state index in [4.69, 9.17) is 4.74 Å². The van der Waals surface area contributed by atoms with Crippen LogP contribution >= 0.6 is 0 Å². The molecule has 0 aliphatic heterocycles. The molecule has 2 aliphatic carbocycles. The first-order chi connectivity index (χ1) is 12.4. The van der Waals surface area contributed by atoms with Crippen molar-refractivity contribution in [3.8, 4) is 11.5 Å². The van der Waals surface area contributed by atoms with E-state index in [1.807, 2.05) is 6.08 Å². The lowest BCUT2D eigenvalue weighted by Gasteiger charge is -2.25. The molecule has 0 N–H and O–H groups in total. The van der Waals surface area contributed by atoms with E-state index in [9.17, 15) is 17.6 Å². The van der Waals surface area contributed by atoms with Crippen LogP contribution in [-0.2, 0) is 0 Å². The molecule has 0 bridgehead atoms. The molecule has 0 heterocycles. The Morgan fingerprint density at radius 3 is 2.38 bits per heavy atom. The minimum Gasteiger partial charge on any atom is -0.490 e. The van der Waals surface area contributed by atoms with Gasteiger partial charge in [0, 0.05) is 5.56 Å². The molecule has 1 aromatic carbocycles. The minimum atomic E-state index is -4.97. The van der Waals surface area contributed by atoms with Crippen molar-refractivity contribution in [2.75, 3.05) is 6.61 Å². The van der Waals surface area contributed by atoms with Crippen LogP contribution in [0.3, 0.4) is 0 Å². The van der Waals surface area contributed by atoms with E-state index in [1.165, 1.54) is 18.6 Å². The van der Waals surface area contributed by atoms with Crippen LogP contribution in [0.2, 0.25) is 0 Å². The third-order valence-corrected chi connectivity index (χ3v) is 5.26. The summed E-state index contributed by atoms with van der Waals surface area (Å²) >= 11 is 0. The molecule has 2 fully saturated rings. The topological polar surface area (TPSA) is 18.5 Å². The van der Waals surface area contributed by atoms with Crippen molar-refractivity contribution in [2.45, 2.75) is 57.7 Å². The van der Waals surface area contributed by atoms with Crippen molar-refractivity contribution in [3.63, 3.8) is 0 Å². The molecule has 0 saturated heterocycles. The summed E-state index contributed by atoms with van der Waals surface area (Å²) in [5, 5.41) is 0. The van der Waals surface area contributed by atoms with Crippen molar-refractivity contribution < 1.29 is 27.0 Å². The van der Waals surface area contributed by atoms with E-state index in [0.29, 0.717) is 11.8 Å². The smallest absolute Gasteiger partial charge is 0.490 e. The maximum Gasteiger partial charge on any atom is 0.573 e. The van der Waals surface area contributed by atoms with Gasteiger partial charge < -0.3 is 9.47 Å².